The van der Waals surface area contributed by atoms with E-state index in [-0.39, 0.29) is 17.1 Å². The Morgan fingerprint density at radius 3 is 2.37 bits per heavy atom. The summed E-state index contributed by atoms with van der Waals surface area (Å²) >= 11 is 7.10. The second kappa shape index (κ2) is 11.9. The van der Waals surface area contributed by atoms with Crippen LogP contribution in [0.25, 0.3) is 10.2 Å². The number of ether oxygens (including phenoxy) is 2. The predicted molar refractivity (Wildman–Crippen MR) is 146 cm³/mol. The molecular weight excluding hydrogens is 550 g/mol. The maximum Gasteiger partial charge on any atom is 0.338 e. The first-order chi connectivity index (χ1) is 18.2. The Balaban J connectivity index is 1.61. The van der Waals surface area contributed by atoms with Crippen LogP contribution in [0.3, 0.4) is 0 Å². The standard InChI is InChI=1S/C26H24ClN3O6S2/c1-3-36-25(32)18-6-13-22-23(16-18)37-26(30(22)14-15-35-2)28-24(31)17-4-9-20(10-5-17)29-38(33,34)21-11-7-19(27)8-12-21/h4-13,16,29H,3,14-15H2,1-2H3. The molecule has 4 rings (SSSR count). The molecule has 0 aliphatic rings. The van der Waals surface area contributed by atoms with E-state index >= 15 is 0 Å². The lowest BCUT2D eigenvalue weighted by Gasteiger charge is -2.08. The average molecular weight is 574 g/mol. The van der Waals surface area contributed by atoms with Crippen molar-refractivity contribution in [2.75, 3.05) is 25.0 Å². The fourth-order valence-corrected chi connectivity index (χ4v) is 5.84. The molecule has 38 heavy (non-hydrogen) atoms. The van der Waals surface area contributed by atoms with Gasteiger partial charge in [-0.2, -0.15) is 4.99 Å². The minimum Gasteiger partial charge on any atom is -0.462 e. The first-order valence-electron chi connectivity index (χ1n) is 11.5. The van der Waals surface area contributed by atoms with Crippen LogP contribution in [0.4, 0.5) is 5.69 Å². The van der Waals surface area contributed by atoms with Gasteiger partial charge in [0.2, 0.25) is 0 Å². The summed E-state index contributed by atoms with van der Waals surface area (Å²) in [6.45, 7) is 2.86. The number of benzene rings is 3. The van der Waals surface area contributed by atoms with E-state index in [4.69, 9.17) is 21.1 Å². The van der Waals surface area contributed by atoms with Crippen molar-refractivity contribution in [3.8, 4) is 0 Å². The van der Waals surface area contributed by atoms with E-state index in [0.717, 1.165) is 10.2 Å². The van der Waals surface area contributed by atoms with Crippen molar-refractivity contribution < 1.29 is 27.5 Å². The summed E-state index contributed by atoms with van der Waals surface area (Å²) in [6.07, 6.45) is 0. The molecule has 3 aromatic carbocycles. The maximum absolute atomic E-state index is 13.0. The van der Waals surface area contributed by atoms with E-state index in [0.29, 0.717) is 34.2 Å². The monoisotopic (exact) mass is 573 g/mol. The fourth-order valence-electron chi connectivity index (χ4n) is 3.56. The zero-order chi connectivity index (χ0) is 27.3. The van der Waals surface area contributed by atoms with Gasteiger partial charge in [-0.15, -0.1) is 0 Å². The molecule has 4 aromatic rings. The summed E-state index contributed by atoms with van der Waals surface area (Å²) < 4.78 is 40.6. The number of hydrogen-bond donors (Lipinski definition) is 1. The Morgan fingerprint density at radius 1 is 1.03 bits per heavy atom. The fraction of sp³-hybridized carbons (Fsp3) is 0.192. The normalized spacial score (nSPS) is 12.0. The topological polar surface area (TPSA) is 116 Å². The molecule has 1 aromatic heterocycles. The molecule has 1 N–H and O–H groups in total. The third kappa shape index (κ3) is 6.30. The summed E-state index contributed by atoms with van der Waals surface area (Å²) in [5.41, 5.74) is 1.79. The number of carbonyl (C=O) groups excluding carboxylic acids is 2. The van der Waals surface area contributed by atoms with Gasteiger partial charge in [-0.1, -0.05) is 22.9 Å². The van der Waals surface area contributed by atoms with Crippen LogP contribution in [0.2, 0.25) is 5.02 Å². The number of carbonyl (C=O) groups is 2. The molecule has 9 nitrogen and oxygen atoms in total. The Bertz CT molecular complexity index is 1640. The lowest BCUT2D eigenvalue weighted by Crippen LogP contribution is -2.19. The van der Waals surface area contributed by atoms with Gasteiger partial charge in [0.1, 0.15) is 0 Å². The smallest absolute Gasteiger partial charge is 0.338 e. The number of nitrogens with zero attached hydrogens (tertiary/aromatic N) is 2. The van der Waals surface area contributed by atoms with Gasteiger partial charge in [0.05, 0.1) is 33.9 Å². The van der Waals surface area contributed by atoms with Crippen LogP contribution in [0.5, 0.6) is 0 Å². The van der Waals surface area contributed by atoms with E-state index in [9.17, 15) is 18.0 Å². The van der Waals surface area contributed by atoms with Gasteiger partial charge < -0.3 is 14.0 Å². The van der Waals surface area contributed by atoms with Crippen LogP contribution in [-0.4, -0.2) is 45.2 Å². The third-order valence-corrected chi connectivity index (χ3v) is 8.11. The molecule has 0 saturated carbocycles. The molecule has 0 unspecified atom stereocenters. The SMILES string of the molecule is CCOC(=O)c1ccc2c(c1)sc(=NC(=O)c1ccc(NS(=O)(=O)c3ccc(Cl)cc3)cc1)n2CCOC. The van der Waals surface area contributed by atoms with Gasteiger partial charge >= 0.3 is 5.97 Å². The van der Waals surface area contributed by atoms with Gasteiger partial charge in [0.25, 0.3) is 15.9 Å². The molecule has 12 heteroatoms. The van der Waals surface area contributed by atoms with Crippen LogP contribution in [0.1, 0.15) is 27.6 Å². The summed E-state index contributed by atoms with van der Waals surface area (Å²) in [5, 5.41) is 0.428. The molecular formula is C26H24ClN3O6S2. The number of sulfonamides is 1. The van der Waals surface area contributed by atoms with Crippen LogP contribution in [0.15, 0.2) is 76.6 Å². The van der Waals surface area contributed by atoms with Gasteiger partial charge in [-0.25, -0.2) is 13.2 Å². The van der Waals surface area contributed by atoms with Crippen molar-refractivity contribution in [1.29, 1.82) is 0 Å². The molecule has 0 fully saturated rings. The summed E-state index contributed by atoms with van der Waals surface area (Å²) in [7, 11) is -2.24. The van der Waals surface area contributed by atoms with Gasteiger partial charge in [-0.3, -0.25) is 9.52 Å². The predicted octanol–water partition coefficient (Wildman–Crippen LogP) is 4.72. The largest absolute Gasteiger partial charge is 0.462 e. The van der Waals surface area contributed by atoms with E-state index in [1.807, 2.05) is 4.57 Å². The molecule has 0 saturated heterocycles. The molecule has 1 heterocycles. The van der Waals surface area contributed by atoms with Crippen LogP contribution >= 0.6 is 22.9 Å². The zero-order valence-electron chi connectivity index (χ0n) is 20.5. The molecule has 198 valence electrons. The number of anilines is 1. The first-order valence-corrected chi connectivity index (χ1v) is 14.2. The van der Waals surface area contributed by atoms with Crippen molar-refractivity contribution in [2.24, 2.45) is 4.99 Å². The zero-order valence-corrected chi connectivity index (χ0v) is 22.9. The number of esters is 1. The van der Waals surface area contributed by atoms with E-state index in [1.165, 1.54) is 59.9 Å². The number of aromatic nitrogens is 1. The van der Waals surface area contributed by atoms with Crippen molar-refractivity contribution in [2.45, 2.75) is 18.4 Å². The second-order valence-corrected chi connectivity index (χ2v) is 11.1. The van der Waals surface area contributed by atoms with Gasteiger partial charge in [0.15, 0.2) is 4.80 Å². The van der Waals surface area contributed by atoms with Crippen LogP contribution in [0, 0.1) is 0 Å². The van der Waals surface area contributed by atoms with Crippen molar-refractivity contribution in [3.05, 3.63) is 87.7 Å². The maximum atomic E-state index is 13.0. The molecule has 0 radical (unpaired) electrons. The minimum absolute atomic E-state index is 0.0635. The Kier molecular flexibility index (Phi) is 8.62. The number of halogens is 1. The highest BCUT2D eigenvalue weighted by Gasteiger charge is 2.16. The highest BCUT2D eigenvalue weighted by molar-refractivity contribution is 7.92. The number of methoxy groups -OCH3 is 1. The number of rotatable bonds is 9. The van der Waals surface area contributed by atoms with Gasteiger partial charge in [0, 0.05) is 29.9 Å². The summed E-state index contributed by atoms with van der Waals surface area (Å²) in [4.78, 5) is 30.0. The summed E-state index contributed by atoms with van der Waals surface area (Å²) in [5.74, 6) is -0.923. The van der Waals surface area contributed by atoms with Crippen molar-refractivity contribution in [3.63, 3.8) is 0 Å². The number of amides is 1. The van der Waals surface area contributed by atoms with Crippen molar-refractivity contribution in [1.82, 2.24) is 4.57 Å². The van der Waals surface area contributed by atoms with Crippen molar-refractivity contribution >= 4 is 60.7 Å². The van der Waals surface area contributed by atoms with Crippen LogP contribution < -0.4 is 9.52 Å². The Morgan fingerprint density at radius 2 is 1.71 bits per heavy atom. The number of fused-ring (bicyclic) bond motifs is 1. The highest BCUT2D eigenvalue weighted by Crippen LogP contribution is 2.21. The minimum atomic E-state index is -3.82. The first kappa shape index (κ1) is 27.5. The number of thiazole rings is 1. The lowest BCUT2D eigenvalue weighted by molar-refractivity contribution is 0.0526. The molecule has 0 atom stereocenters. The number of hydrogen-bond acceptors (Lipinski definition) is 7. The van der Waals surface area contributed by atoms with E-state index in [2.05, 4.69) is 9.71 Å². The van der Waals surface area contributed by atoms with E-state index < -0.39 is 21.9 Å². The average Bonchev–Trinajstić information content (AvgIpc) is 3.23. The quantitative estimate of drug-likeness (QED) is 0.290. The Hall–Kier alpha value is -3.51. The van der Waals surface area contributed by atoms with Gasteiger partial charge in [-0.05, 0) is 73.7 Å². The van der Waals surface area contributed by atoms with Crippen LogP contribution in [-0.2, 0) is 26.0 Å². The summed E-state index contributed by atoms with van der Waals surface area (Å²) in [6, 6.07) is 16.9. The Labute approximate surface area is 228 Å². The third-order valence-electron chi connectivity index (χ3n) is 5.42. The molecule has 0 aliphatic carbocycles. The highest BCUT2D eigenvalue weighted by atomic mass is 35.5. The molecule has 0 bridgehead atoms. The lowest BCUT2D eigenvalue weighted by atomic mass is 10.2. The second-order valence-electron chi connectivity index (χ2n) is 7.99. The number of nitrogens with one attached hydrogen (secondary N) is 1. The van der Waals surface area contributed by atoms with E-state index in [1.54, 1.807) is 32.2 Å². The molecule has 0 spiro atoms. The molecule has 1 amide bonds. The molecule has 0 aliphatic heterocycles.